The van der Waals surface area contributed by atoms with Crippen LogP contribution in [-0.4, -0.2) is 31.6 Å². The molecule has 5 rings (SSSR count). The molecule has 1 amide bonds. The number of methoxy groups -OCH3 is 3. The number of carbonyl (C=O) groups excluding carboxylic acids is 1. The van der Waals surface area contributed by atoms with Crippen molar-refractivity contribution in [3.63, 3.8) is 0 Å². The summed E-state index contributed by atoms with van der Waals surface area (Å²) < 4.78 is 16.4. The van der Waals surface area contributed by atoms with Crippen LogP contribution in [0, 0.1) is 17.3 Å². The zero-order valence-electron chi connectivity index (χ0n) is 16.3. The van der Waals surface area contributed by atoms with Crippen LogP contribution in [0.25, 0.3) is 0 Å². The predicted octanol–water partition coefficient (Wildman–Crippen LogP) is 4.77. The largest absolute Gasteiger partial charge is 0.493 e. The van der Waals surface area contributed by atoms with Crippen LogP contribution in [0.2, 0.25) is 0 Å². The molecule has 0 radical (unpaired) electrons. The molecular formula is C21H28BrNO4. The first-order valence-electron chi connectivity index (χ1n) is 9.66. The van der Waals surface area contributed by atoms with Gasteiger partial charge in [-0.05, 0) is 55.8 Å². The smallest absolute Gasteiger partial charge is 0.224 e. The molecule has 0 spiro atoms. The van der Waals surface area contributed by atoms with Gasteiger partial charge in [-0.3, -0.25) is 4.79 Å². The third-order valence-electron chi connectivity index (χ3n) is 6.59. The minimum absolute atomic E-state index is 0.0716. The number of amides is 1. The van der Waals surface area contributed by atoms with Crippen LogP contribution in [0.15, 0.2) is 12.1 Å². The van der Waals surface area contributed by atoms with Crippen LogP contribution >= 0.6 is 15.9 Å². The molecule has 27 heavy (non-hydrogen) atoms. The summed E-state index contributed by atoms with van der Waals surface area (Å²) in [5.41, 5.74) is 0.825. The molecule has 148 valence electrons. The van der Waals surface area contributed by atoms with E-state index >= 15 is 0 Å². The Bertz CT molecular complexity index is 711. The zero-order chi connectivity index (χ0) is 19.2. The van der Waals surface area contributed by atoms with E-state index in [1.165, 1.54) is 32.1 Å². The van der Waals surface area contributed by atoms with Crippen molar-refractivity contribution in [3.05, 3.63) is 12.1 Å². The maximum atomic E-state index is 12.9. The lowest BCUT2D eigenvalue weighted by molar-refractivity contribution is -0.123. The Labute approximate surface area is 169 Å². The van der Waals surface area contributed by atoms with E-state index in [9.17, 15) is 4.79 Å². The maximum absolute atomic E-state index is 12.9. The van der Waals surface area contributed by atoms with Crippen molar-refractivity contribution in [1.82, 2.24) is 0 Å². The highest BCUT2D eigenvalue weighted by Gasteiger charge is 2.57. The van der Waals surface area contributed by atoms with Gasteiger partial charge in [-0.25, -0.2) is 0 Å². The Hall–Kier alpha value is -1.43. The second-order valence-corrected chi connectivity index (χ2v) is 10.4. The fourth-order valence-electron chi connectivity index (χ4n) is 6.24. The van der Waals surface area contributed by atoms with E-state index < -0.39 is 0 Å². The summed E-state index contributed by atoms with van der Waals surface area (Å²) >= 11 is 4.02. The summed E-state index contributed by atoms with van der Waals surface area (Å²) in [6.45, 7) is 0. The molecule has 6 heteroatoms. The molecule has 0 heterocycles. The van der Waals surface area contributed by atoms with Crippen LogP contribution < -0.4 is 19.5 Å². The van der Waals surface area contributed by atoms with Crippen LogP contribution in [-0.2, 0) is 4.79 Å². The lowest BCUT2D eigenvalue weighted by Crippen LogP contribution is -2.53. The van der Waals surface area contributed by atoms with Gasteiger partial charge in [0.15, 0.2) is 11.5 Å². The molecule has 2 unspecified atom stereocenters. The Morgan fingerprint density at radius 2 is 1.67 bits per heavy atom. The number of ether oxygens (including phenoxy) is 3. The van der Waals surface area contributed by atoms with Crippen LogP contribution in [0.5, 0.6) is 17.2 Å². The Morgan fingerprint density at radius 3 is 2.15 bits per heavy atom. The highest BCUT2D eigenvalue weighted by Crippen LogP contribution is 2.65. The maximum Gasteiger partial charge on any atom is 0.224 e. The summed E-state index contributed by atoms with van der Waals surface area (Å²) in [5, 5.41) is 3.06. The van der Waals surface area contributed by atoms with Gasteiger partial charge in [0.25, 0.3) is 0 Å². The van der Waals surface area contributed by atoms with E-state index in [0.717, 1.165) is 18.3 Å². The number of hydrogen-bond donors (Lipinski definition) is 1. The van der Waals surface area contributed by atoms with E-state index in [2.05, 4.69) is 21.2 Å². The first-order valence-corrected chi connectivity index (χ1v) is 10.5. The van der Waals surface area contributed by atoms with E-state index in [4.69, 9.17) is 14.2 Å². The molecule has 5 nitrogen and oxygen atoms in total. The molecule has 4 aliphatic carbocycles. The standard InChI is InChI=1S/C21H28BrNO4/c1-25-16-5-15(6-17(26-2)19(16)27-3)23-18(24)11-20-7-13-4-14(8-20)10-21(22,9-13)12-20/h5-6,13-14H,4,7-12H2,1-3H3,(H,23,24). The summed E-state index contributed by atoms with van der Waals surface area (Å²) in [6.07, 6.45) is 8.00. The predicted molar refractivity (Wildman–Crippen MR) is 108 cm³/mol. The van der Waals surface area contributed by atoms with Crippen molar-refractivity contribution in [2.24, 2.45) is 17.3 Å². The topological polar surface area (TPSA) is 56.8 Å². The van der Waals surface area contributed by atoms with E-state index in [0.29, 0.717) is 29.4 Å². The molecular weight excluding hydrogens is 410 g/mol. The van der Waals surface area contributed by atoms with Crippen molar-refractivity contribution in [1.29, 1.82) is 0 Å². The van der Waals surface area contributed by atoms with Crippen LogP contribution in [0.3, 0.4) is 0 Å². The number of anilines is 1. The molecule has 2 atom stereocenters. The molecule has 4 fully saturated rings. The summed E-state index contributed by atoms with van der Waals surface area (Å²) in [7, 11) is 4.73. The van der Waals surface area contributed by atoms with Gasteiger partial charge in [-0.15, -0.1) is 0 Å². The number of alkyl halides is 1. The Morgan fingerprint density at radius 1 is 1.07 bits per heavy atom. The average molecular weight is 438 g/mol. The highest BCUT2D eigenvalue weighted by atomic mass is 79.9. The zero-order valence-corrected chi connectivity index (χ0v) is 17.9. The summed E-state index contributed by atoms with van der Waals surface area (Å²) in [6, 6.07) is 3.57. The highest BCUT2D eigenvalue weighted by molar-refractivity contribution is 9.10. The number of rotatable bonds is 6. The normalized spacial score (nSPS) is 33.6. The quantitative estimate of drug-likeness (QED) is 0.650. The van der Waals surface area contributed by atoms with Gasteiger partial charge in [-0.1, -0.05) is 15.9 Å². The van der Waals surface area contributed by atoms with Crippen LogP contribution in [0.4, 0.5) is 5.69 Å². The van der Waals surface area contributed by atoms with E-state index in [1.54, 1.807) is 33.5 Å². The number of halogens is 1. The fourth-order valence-corrected chi connectivity index (χ4v) is 7.75. The van der Waals surface area contributed by atoms with Gasteiger partial charge in [0, 0.05) is 28.6 Å². The molecule has 4 aliphatic rings. The molecule has 1 N–H and O–H groups in total. The minimum atomic E-state index is 0.0716. The Kier molecular flexibility index (Phi) is 4.81. The molecule has 0 saturated heterocycles. The number of hydrogen-bond acceptors (Lipinski definition) is 4. The van der Waals surface area contributed by atoms with Crippen molar-refractivity contribution < 1.29 is 19.0 Å². The molecule has 1 aromatic rings. The fraction of sp³-hybridized carbons (Fsp3) is 0.667. The third kappa shape index (κ3) is 3.53. The summed E-state index contributed by atoms with van der Waals surface area (Å²) in [4.78, 5) is 12.9. The van der Waals surface area contributed by atoms with Gasteiger partial charge in [0.1, 0.15) is 0 Å². The van der Waals surface area contributed by atoms with Gasteiger partial charge in [0.2, 0.25) is 11.7 Å². The third-order valence-corrected chi connectivity index (χ3v) is 7.52. The number of nitrogens with one attached hydrogen (secondary N) is 1. The van der Waals surface area contributed by atoms with Crippen LogP contribution in [0.1, 0.15) is 44.9 Å². The molecule has 4 saturated carbocycles. The summed E-state index contributed by atoms with van der Waals surface area (Å²) in [5.74, 6) is 3.24. The van der Waals surface area contributed by atoms with Crippen molar-refractivity contribution in [2.45, 2.75) is 49.3 Å². The van der Waals surface area contributed by atoms with Gasteiger partial charge in [-0.2, -0.15) is 0 Å². The second-order valence-electron chi connectivity index (χ2n) is 8.75. The lowest BCUT2D eigenvalue weighted by atomic mass is 9.48. The van der Waals surface area contributed by atoms with Crippen molar-refractivity contribution in [3.8, 4) is 17.2 Å². The molecule has 4 bridgehead atoms. The first kappa shape index (κ1) is 18.9. The molecule has 0 aliphatic heterocycles. The van der Waals surface area contributed by atoms with Gasteiger partial charge >= 0.3 is 0 Å². The van der Waals surface area contributed by atoms with Gasteiger partial charge < -0.3 is 19.5 Å². The monoisotopic (exact) mass is 437 g/mol. The van der Waals surface area contributed by atoms with E-state index in [1.807, 2.05) is 0 Å². The van der Waals surface area contributed by atoms with Gasteiger partial charge in [0.05, 0.1) is 21.3 Å². The van der Waals surface area contributed by atoms with Crippen molar-refractivity contribution >= 4 is 27.5 Å². The SMILES string of the molecule is COc1cc(NC(=O)CC23CC4CC(CC(Br)(C4)C2)C3)cc(OC)c1OC. The Balaban J connectivity index is 1.50. The number of carbonyl (C=O) groups is 1. The average Bonchev–Trinajstić information content (AvgIpc) is 2.57. The molecule has 0 aromatic heterocycles. The second kappa shape index (κ2) is 6.87. The lowest BCUT2D eigenvalue weighted by Gasteiger charge is -2.60. The number of benzene rings is 1. The van der Waals surface area contributed by atoms with E-state index in [-0.39, 0.29) is 15.6 Å². The first-order chi connectivity index (χ1) is 12.9. The molecule has 1 aromatic carbocycles. The minimum Gasteiger partial charge on any atom is -0.493 e. The van der Waals surface area contributed by atoms with Crippen molar-refractivity contribution in [2.75, 3.05) is 26.6 Å².